The molecule has 0 radical (unpaired) electrons. The summed E-state index contributed by atoms with van der Waals surface area (Å²) in [5.41, 5.74) is 6.98. The molecule has 0 aliphatic heterocycles. The summed E-state index contributed by atoms with van der Waals surface area (Å²) in [6.07, 6.45) is 3.58. The van der Waals surface area contributed by atoms with Gasteiger partial charge in [-0.3, -0.25) is 5.41 Å². The molecule has 0 unspecified atom stereocenters. The van der Waals surface area contributed by atoms with Crippen LogP contribution in [0.2, 0.25) is 0 Å². The molecule has 0 amide bonds. The molecular formula is C18H20FIN2O2S2. The van der Waals surface area contributed by atoms with E-state index in [1.54, 1.807) is 12.1 Å². The number of halogens is 2. The number of carboxylic acids is 1. The fourth-order valence-corrected chi connectivity index (χ4v) is 3.92. The first-order valence-corrected chi connectivity index (χ1v) is 9.52. The van der Waals surface area contributed by atoms with E-state index in [-0.39, 0.29) is 35.0 Å². The number of carboxylic acid groups (broad SMARTS) is 1. The second-order valence-electron chi connectivity index (χ2n) is 5.35. The summed E-state index contributed by atoms with van der Waals surface area (Å²) < 4.78 is 13.0. The van der Waals surface area contributed by atoms with Gasteiger partial charge in [0.1, 0.15) is 5.82 Å². The summed E-state index contributed by atoms with van der Waals surface area (Å²) >= 11 is 2.79. The molecule has 1 aromatic heterocycles. The van der Waals surface area contributed by atoms with Gasteiger partial charge >= 0.3 is 5.97 Å². The minimum Gasteiger partial charge on any atom is -0.478 e. The van der Waals surface area contributed by atoms with E-state index in [0.29, 0.717) is 6.42 Å². The summed E-state index contributed by atoms with van der Waals surface area (Å²) in [6, 6.07) is 10.1. The lowest BCUT2D eigenvalue weighted by Gasteiger charge is -2.05. The van der Waals surface area contributed by atoms with E-state index >= 15 is 0 Å². The first-order chi connectivity index (χ1) is 12.0. The van der Waals surface area contributed by atoms with E-state index in [1.165, 1.54) is 41.3 Å². The van der Waals surface area contributed by atoms with Crippen molar-refractivity contribution in [3.8, 4) is 10.4 Å². The second kappa shape index (κ2) is 11.3. The normalized spacial score (nSPS) is 11.0. The van der Waals surface area contributed by atoms with Crippen LogP contribution in [0.3, 0.4) is 0 Å². The summed E-state index contributed by atoms with van der Waals surface area (Å²) in [6.45, 7) is 0. The van der Waals surface area contributed by atoms with Crippen molar-refractivity contribution in [1.29, 1.82) is 5.41 Å². The third-order valence-corrected chi connectivity index (χ3v) is 5.46. The zero-order valence-electron chi connectivity index (χ0n) is 13.9. The number of nitrogens with two attached hydrogens (primary N) is 1. The summed E-state index contributed by atoms with van der Waals surface area (Å²) in [7, 11) is 0. The van der Waals surface area contributed by atoms with Gasteiger partial charge in [-0.15, -0.1) is 35.3 Å². The number of amidine groups is 1. The van der Waals surface area contributed by atoms with Gasteiger partial charge in [0.2, 0.25) is 0 Å². The van der Waals surface area contributed by atoms with Gasteiger partial charge in [0.25, 0.3) is 0 Å². The minimum absolute atomic E-state index is 0. The van der Waals surface area contributed by atoms with Crippen molar-refractivity contribution in [3.05, 3.63) is 53.2 Å². The Kier molecular flexibility index (Phi) is 9.89. The molecule has 2 aromatic rings. The predicted octanol–water partition coefficient (Wildman–Crippen LogP) is 5.44. The standard InChI is InChI=1S/C18H19FN2O2S2.HI/c19-14-6-4-12(5-7-14)15-8-9-16(25-15)13(11-17(22)23)3-1-2-10-24-18(20)21;/h4-9,11H,1-3,10H2,(H3,20,21)(H,22,23);1H/b13-11-;. The van der Waals surface area contributed by atoms with E-state index in [2.05, 4.69) is 0 Å². The summed E-state index contributed by atoms with van der Waals surface area (Å²) in [5.74, 6) is -0.499. The SMILES string of the molecule is I.N=C(N)SCCCC/C(=C/C(=O)O)c1ccc(-c2ccc(F)cc2)s1. The van der Waals surface area contributed by atoms with Crippen molar-refractivity contribution < 1.29 is 14.3 Å². The Morgan fingerprint density at radius 3 is 2.54 bits per heavy atom. The maximum atomic E-state index is 13.0. The Bertz CT molecular complexity index is 776. The molecule has 0 aliphatic carbocycles. The molecule has 140 valence electrons. The highest BCUT2D eigenvalue weighted by atomic mass is 127. The van der Waals surface area contributed by atoms with Crippen LogP contribution in [-0.2, 0) is 4.79 Å². The second-order valence-corrected chi connectivity index (χ2v) is 7.57. The average molecular weight is 506 g/mol. The molecule has 0 saturated heterocycles. The number of hydrogen-bond donors (Lipinski definition) is 3. The van der Waals surface area contributed by atoms with Gasteiger partial charge in [-0.25, -0.2) is 9.18 Å². The Labute approximate surface area is 177 Å². The van der Waals surface area contributed by atoms with Crippen LogP contribution in [0.25, 0.3) is 16.0 Å². The van der Waals surface area contributed by atoms with Gasteiger partial charge in [-0.05, 0) is 54.7 Å². The van der Waals surface area contributed by atoms with Gasteiger partial charge < -0.3 is 10.8 Å². The lowest BCUT2D eigenvalue weighted by atomic mass is 10.1. The van der Waals surface area contributed by atoms with Gasteiger partial charge in [-0.1, -0.05) is 23.9 Å². The van der Waals surface area contributed by atoms with Crippen LogP contribution in [0.5, 0.6) is 0 Å². The minimum atomic E-state index is -0.968. The summed E-state index contributed by atoms with van der Waals surface area (Å²) in [5, 5.41) is 16.4. The number of hydrogen-bond acceptors (Lipinski definition) is 4. The zero-order valence-corrected chi connectivity index (χ0v) is 17.9. The molecule has 0 spiro atoms. The third-order valence-electron chi connectivity index (χ3n) is 3.45. The van der Waals surface area contributed by atoms with Crippen molar-refractivity contribution in [2.45, 2.75) is 19.3 Å². The molecule has 0 bridgehead atoms. The van der Waals surface area contributed by atoms with Crippen LogP contribution in [0.1, 0.15) is 24.1 Å². The van der Waals surface area contributed by atoms with E-state index < -0.39 is 5.97 Å². The van der Waals surface area contributed by atoms with Gasteiger partial charge in [-0.2, -0.15) is 0 Å². The number of allylic oxidation sites excluding steroid dienone is 1. The molecule has 26 heavy (non-hydrogen) atoms. The molecule has 8 heteroatoms. The van der Waals surface area contributed by atoms with Gasteiger partial charge in [0, 0.05) is 21.6 Å². The number of thioether (sulfide) groups is 1. The number of benzene rings is 1. The monoisotopic (exact) mass is 506 g/mol. The van der Waals surface area contributed by atoms with Crippen molar-refractivity contribution in [2.24, 2.45) is 5.73 Å². The van der Waals surface area contributed by atoms with Gasteiger partial charge in [0.15, 0.2) is 5.17 Å². The van der Waals surface area contributed by atoms with E-state index in [1.807, 2.05) is 12.1 Å². The number of carbonyl (C=O) groups is 1. The highest BCUT2D eigenvalue weighted by Gasteiger charge is 2.09. The molecular weight excluding hydrogens is 486 g/mol. The maximum Gasteiger partial charge on any atom is 0.328 e. The molecule has 0 fully saturated rings. The van der Waals surface area contributed by atoms with E-state index in [4.69, 9.17) is 16.2 Å². The van der Waals surface area contributed by atoms with E-state index in [9.17, 15) is 9.18 Å². The highest BCUT2D eigenvalue weighted by Crippen LogP contribution is 2.34. The number of rotatable bonds is 8. The quantitative estimate of drug-likeness (QED) is 0.146. The number of aliphatic carboxylic acids is 1. The molecule has 1 heterocycles. The Morgan fingerprint density at radius 2 is 1.92 bits per heavy atom. The number of thiophene rings is 1. The van der Waals surface area contributed by atoms with Crippen molar-refractivity contribution in [3.63, 3.8) is 0 Å². The summed E-state index contributed by atoms with van der Waals surface area (Å²) in [4.78, 5) is 13.0. The first-order valence-electron chi connectivity index (χ1n) is 7.72. The lowest BCUT2D eigenvalue weighted by molar-refractivity contribution is -0.131. The van der Waals surface area contributed by atoms with Crippen molar-refractivity contribution >= 4 is 63.8 Å². The molecule has 2 rings (SSSR count). The predicted molar refractivity (Wildman–Crippen MR) is 119 cm³/mol. The Morgan fingerprint density at radius 1 is 1.23 bits per heavy atom. The smallest absolute Gasteiger partial charge is 0.328 e. The van der Waals surface area contributed by atoms with Crippen LogP contribution >= 0.6 is 47.1 Å². The lowest BCUT2D eigenvalue weighted by Crippen LogP contribution is -2.04. The van der Waals surface area contributed by atoms with Crippen LogP contribution in [0.15, 0.2) is 42.5 Å². The maximum absolute atomic E-state index is 13.0. The molecule has 0 saturated carbocycles. The van der Waals surface area contributed by atoms with Crippen LogP contribution < -0.4 is 5.73 Å². The van der Waals surface area contributed by atoms with Crippen molar-refractivity contribution in [1.82, 2.24) is 0 Å². The van der Waals surface area contributed by atoms with Crippen LogP contribution in [0.4, 0.5) is 4.39 Å². The number of nitrogens with one attached hydrogen (secondary N) is 1. The van der Waals surface area contributed by atoms with Crippen LogP contribution in [0, 0.1) is 11.2 Å². The van der Waals surface area contributed by atoms with Gasteiger partial charge in [0.05, 0.1) is 0 Å². The molecule has 4 nitrogen and oxygen atoms in total. The molecule has 1 aromatic carbocycles. The molecule has 0 aliphatic rings. The first kappa shape index (κ1) is 22.7. The molecule has 4 N–H and O–H groups in total. The fourth-order valence-electron chi connectivity index (χ4n) is 2.29. The zero-order chi connectivity index (χ0) is 18.2. The fraction of sp³-hybridized carbons (Fsp3) is 0.222. The average Bonchev–Trinajstić information content (AvgIpc) is 3.03. The Balaban J connectivity index is 0.00000338. The van der Waals surface area contributed by atoms with E-state index in [0.717, 1.165) is 39.5 Å². The topological polar surface area (TPSA) is 87.2 Å². The third kappa shape index (κ3) is 7.46. The largest absolute Gasteiger partial charge is 0.478 e. The Hall–Kier alpha value is -1.39. The van der Waals surface area contributed by atoms with Crippen molar-refractivity contribution in [2.75, 3.05) is 5.75 Å². The van der Waals surface area contributed by atoms with Crippen LogP contribution in [-0.4, -0.2) is 22.0 Å². The number of unbranched alkanes of at least 4 members (excludes halogenated alkanes) is 1. The highest BCUT2D eigenvalue weighted by molar-refractivity contribution is 14.0. The molecule has 0 atom stereocenters.